The molecule has 0 radical (unpaired) electrons. The number of aryl methyl sites for hydroxylation is 2. The van der Waals surface area contributed by atoms with Crippen LogP contribution in [0.5, 0.6) is 0 Å². The van der Waals surface area contributed by atoms with Gasteiger partial charge in [0.25, 0.3) is 5.56 Å². The maximum absolute atomic E-state index is 13.3. The van der Waals surface area contributed by atoms with E-state index in [-0.39, 0.29) is 17.0 Å². The third-order valence-corrected chi connectivity index (χ3v) is 7.05. The third kappa shape index (κ3) is 4.04. The second-order valence-corrected chi connectivity index (χ2v) is 8.98. The maximum Gasteiger partial charge on any atom is 0.263 e. The Kier molecular flexibility index (Phi) is 6.01. The molecule has 0 saturated heterocycles. The number of nitrogens with zero attached hydrogens (tertiary/aromatic N) is 2. The lowest BCUT2D eigenvalue weighted by molar-refractivity contribution is -0.113. The summed E-state index contributed by atoms with van der Waals surface area (Å²) < 4.78 is 27.9. The second kappa shape index (κ2) is 8.69. The largest absolute Gasteiger partial charge is 0.325 e. The fraction of sp³-hybridized carbons (Fsp3) is 0.286. The molecule has 0 spiro atoms. The lowest BCUT2D eigenvalue weighted by Crippen LogP contribution is -2.24. The summed E-state index contributed by atoms with van der Waals surface area (Å²) in [7, 11) is 0. The Morgan fingerprint density at radius 2 is 2.10 bits per heavy atom. The van der Waals surface area contributed by atoms with Crippen LogP contribution in [0.4, 0.5) is 14.5 Å². The van der Waals surface area contributed by atoms with Crippen LogP contribution in [0, 0.1) is 11.6 Å². The number of anilines is 1. The van der Waals surface area contributed by atoms with Crippen molar-refractivity contribution in [2.75, 3.05) is 11.1 Å². The first-order valence-corrected chi connectivity index (χ1v) is 11.3. The van der Waals surface area contributed by atoms with Crippen molar-refractivity contribution in [2.45, 2.75) is 37.4 Å². The van der Waals surface area contributed by atoms with Gasteiger partial charge >= 0.3 is 0 Å². The van der Waals surface area contributed by atoms with E-state index in [0.717, 1.165) is 55.1 Å². The molecule has 4 rings (SSSR count). The Morgan fingerprint density at radius 1 is 1.30 bits per heavy atom. The molecule has 0 atom stereocenters. The molecule has 0 unspecified atom stereocenters. The average molecular weight is 448 g/mol. The van der Waals surface area contributed by atoms with Crippen molar-refractivity contribution in [3.63, 3.8) is 0 Å². The molecule has 0 bridgehead atoms. The molecule has 1 amide bonds. The van der Waals surface area contributed by atoms with Crippen molar-refractivity contribution in [3.05, 3.63) is 63.3 Å². The molecule has 2 heterocycles. The van der Waals surface area contributed by atoms with Gasteiger partial charge in [-0.1, -0.05) is 17.8 Å². The standard InChI is InChI=1S/C21H19F2N3O2S2/c1-2-9-26-20(28)18-13-5-3-4-6-16(13)30-19(18)25-21(26)29-11-17(27)24-12-7-8-14(22)15(23)10-12/h2,7-8,10H,1,3-6,9,11H2,(H,24,27). The van der Waals surface area contributed by atoms with Gasteiger partial charge in [-0.25, -0.2) is 13.8 Å². The normalized spacial score (nSPS) is 13.3. The van der Waals surface area contributed by atoms with Gasteiger partial charge < -0.3 is 5.32 Å². The number of benzene rings is 1. The van der Waals surface area contributed by atoms with Gasteiger partial charge in [0, 0.05) is 23.2 Å². The summed E-state index contributed by atoms with van der Waals surface area (Å²) in [6.07, 6.45) is 5.67. The SMILES string of the molecule is C=CCn1c(SCC(=O)Nc2ccc(F)c(F)c2)nc2sc3c(c2c1=O)CCCC3. The number of carbonyl (C=O) groups is 1. The number of aromatic nitrogens is 2. The van der Waals surface area contributed by atoms with E-state index >= 15 is 0 Å². The number of halogens is 2. The molecule has 9 heteroatoms. The molecule has 1 aromatic carbocycles. The zero-order chi connectivity index (χ0) is 21.3. The van der Waals surface area contributed by atoms with E-state index in [1.54, 1.807) is 17.4 Å². The summed E-state index contributed by atoms with van der Waals surface area (Å²) in [5, 5.41) is 3.65. The van der Waals surface area contributed by atoms with E-state index in [4.69, 9.17) is 0 Å². The number of nitrogens with one attached hydrogen (secondary N) is 1. The first kappa shape index (κ1) is 20.7. The van der Waals surface area contributed by atoms with Gasteiger partial charge in [-0.05, 0) is 43.4 Å². The van der Waals surface area contributed by atoms with Crippen molar-refractivity contribution < 1.29 is 13.6 Å². The van der Waals surface area contributed by atoms with Crippen LogP contribution in [0.2, 0.25) is 0 Å². The van der Waals surface area contributed by atoms with Crippen LogP contribution < -0.4 is 10.9 Å². The van der Waals surface area contributed by atoms with Gasteiger partial charge in [0.15, 0.2) is 16.8 Å². The van der Waals surface area contributed by atoms with Crippen LogP contribution in [-0.2, 0) is 24.2 Å². The number of fused-ring (bicyclic) bond motifs is 3. The van der Waals surface area contributed by atoms with Crippen LogP contribution in [0.15, 0.2) is 40.8 Å². The van der Waals surface area contributed by atoms with Gasteiger partial charge in [0.05, 0.1) is 11.1 Å². The molecule has 1 aliphatic carbocycles. The summed E-state index contributed by atoms with van der Waals surface area (Å²) in [5.74, 6) is -2.45. The van der Waals surface area contributed by atoms with Crippen LogP contribution in [0.1, 0.15) is 23.3 Å². The number of carbonyl (C=O) groups excluding carboxylic acids is 1. The summed E-state index contributed by atoms with van der Waals surface area (Å²) in [6, 6.07) is 3.16. The first-order valence-electron chi connectivity index (χ1n) is 9.51. The van der Waals surface area contributed by atoms with Crippen molar-refractivity contribution in [1.82, 2.24) is 9.55 Å². The third-order valence-electron chi connectivity index (χ3n) is 4.89. The van der Waals surface area contributed by atoms with Crippen LogP contribution in [0.3, 0.4) is 0 Å². The van der Waals surface area contributed by atoms with Crippen LogP contribution >= 0.6 is 23.1 Å². The number of thioether (sulfide) groups is 1. The Bertz CT molecular complexity index is 1200. The van der Waals surface area contributed by atoms with Gasteiger partial charge in [-0.3, -0.25) is 14.2 Å². The smallest absolute Gasteiger partial charge is 0.263 e. The predicted molar refractivity (Wildman–Crippen MR) is 116 cm³/mol. The Balaban J connectivity index is 1.59. The molecule has 0 aliphatic heterocycles. The Hall–Kier alpha value is -2.52. The van der Waals surface area contributed by atoms with Crippen LogP contribution in [-0.4, -0.2) is 21.2 Å². The van der Waals surface area contributed by atoms with Crippen molar-refractivity contribution >= 4 is 44.9 Å². The van der Waals surface area contributed by atoms with E-state index in [1.165, 1.54) is 15.5 Å². The number of hydrogen-bond acceptors (Lipinski definition) is 5. The fourth-order valence-corrected chi connectivity index (χ4v) is 5.63. The zero-order valence-electron chi connectivity index (χ0n) is 16.0. The number of thiophene rings is 1. The highest BCUT2D eigenvalue weighted by atomic mass is 32.2. The molecular weight excluding hydrogens is 428 g/mol. The highest BCUT2D eigenvalue weighted by Crippen LogP contribution is 2.34. The molecule has 0 fully saturated rings. The highest BCUT2D eigenvalue weighted by molar-refractivity contribution is 7.99. The maximum atomic E-state index is 13.3. The van der Waals surface area contributed by atoms with Gasteiger partial charge in [-0.2, -0.15) is 0 Å². The topological polar surface area (TPSA) is 64.0 Å². The van der Waals surface area contributed by atoms with Crippen molar-refractivity contribution in [3.8, 4) is 0 Å². The fourth-order valence-electron chi connectivity index (χ4n) is 3.52. The van der Waals surface area contributed by atoms with Gasteiger partial charge in [0.2, 0.25) is 5.91 Å². The number of rotatable bonds is 6. The van der Waals surface area contributed by atoms with E-state index < -0.39 is 17.5 Å². The molecule has 156 valence electrons. The lowest BCUT2D eigenvalue weighted by Gasteiger charge is -2.12. The molecule has 30 heavy (non-hydrogen) atoms. The van der Waals surface area contributed by atoms with Gasteiger partial charge in [-0.15, -0.1) is 17.9 Å². The lowest BCUT2D eigenvalue weighted by atomic mass is 9.97. The van der Waals surface area contributed by atoms with E-state index in [2.05, 4.69) is 16.9 Å². The van der Waals surface area contributed by atoms with Crippen molar-refractivity contribution in [1.29, 1.82) is 0 Å². The number of hydrogen-bond donors (Lipinski definition) is 1. The summed E-state index contributed by atoms with van der Waals surface area (Å²) in [5.41, 5.74) is 1.17. The highest BCUT2D eigenvalue weighted by Gasteiger charge is 2.22. The number of amides is 1. The van der Waals surface area contributed by atoms with E-state index in [0.29, 0.717) is 21.9 Å². The summed E-state index contributed by atoms with van der Waals surface area (Å²) in [6.45, 7) is 4.01. The van der Waals surface area contributed by atoms with E-state index in [9.17, 15) is 18.4 Å². The summed E-state index contributed by atoms with van der Waals surface area (Å²) in [4.78, 5) is 32.0. The quantitative estimate of drug-likeness (QED) is 0.343. The monoisotopic (exact) mass is 447 g/mol. The molecule has 1 N–H and O–H groups in total. The van der Waals surface area contributed by atoms with Crippen LogP contribution in [0.25, 0.3) is 10.2 Å². The minimum Gasteiger partial charge on any atom is -0.325 e. The Labute approximate surface area is 179 Å². The van der Waals surface area contributed by atoms with Crippen molar-refractivity contribution in [2.24, 2.45) is 0 Å². The van der Waals surface area contributed by atoms with E-state index in [1.807, 2.05) is 0 Å². The minimum atomic E-state index is -1.03. The zero-order valence-corrected chi connectivity index (χ0v) is 17.7. The molecular formula is C21H19F2N3O2S2. The Morgan fingerprint density at radius 3 is 2.87 bits per heavy atom. The average Bonchev–Trinajstić information content (AvgIpc) is 3.10. The minimum absolute atomic E-state index is 0.0286. The number of allylic oxidation sites excluding steroid dienone is 1. The molecule has 0 saturated carbocycles. The second-order valence-electron chi connectivity index (χ2n) is 6.96. The molecule has 5 nitrogen and oxygen atoms in total. The molecule has 1 aliphatic rings. The summed E-state index contributed by atoms with van der Waals surface area (Å²) >= 11 is 2.68. The molecule has 2 aromatic heterocycles. The predicted octanol–water partition coefficient (Wildman–Crippen LogP) is 4.53. The first-order chi connectivity index (χ1) is 14.5. The molecule has 3 aromatic rings. The van der Waals surface area contributed by atoms with Gasteiger partial charge in [0.1, 0.15) is 4.83 Å².